The number of nitrogens with one attached hydrogen (secondary N) is 1. The zero-order chi connectivity index (χ0) is 32.6. The monoisotopic (exact) mass is 665 g/mol. The van der Waals surface area contributed by atoms with Crippen LogP contribution in [-0.2, 0) is 32.6 Å². The lowest BCUT2D eigenvalue weighted by Crippen LogP contribution is -2.53. The standard InChI is InChI=1S/C35H37Cl2N3O4S/c1-4-19-38-35(42)33(21-27-11-7-5-8-12-27)39(23-28-16-17-29(36)22-32(28)37)34(41)24-40(30-18-15-25(2)26(3)20-30)45(43,44)31-13-9-6-10-14-31/h5-18,20,22,33H,4,19,21,23-24H2,1-3H3,(H,38,42). The van der Waals surface area contributed by atoms with Gasteiger partial charge in [0.05, 0.1) is 10.6 Å². The summed E-state index contributed by atoms with van der Waals surface area (Å²) in [7, 11) is -4.18. The third-order valence-electron chi connectivity index (χ3n) is 7.56. The number of nitrogens with zero attached hydrogens (tertiary/aromatic N) is 2. The lowest BCUT2D eigenvalue weighted by molar-refractivity contribution is -0.140. The van der Waals surface area contributed by atoms with Gasteiger partial charge in [0.1, 0.15) is 12.6 Å². The third-order valence-corrected chi connectivity index (χ3v) is 9.94. The van der Waals surface area contributed by atoms with E-state index in [1.54, 1.807) is 48.5 Å². The molecule has 7 nitrogen and oxygen atoms in total. The van der Waals surface area contributed by atoms with Crippen molar-refractivity contribution >= 4 is 50.7 Å². The lowest BCUT2D eigenvalue weighted by atomic mass is 10.0. The van der Waals surface area contributed by atoms with Crippen molar-refractivity contribution in [3.05, 3.63) is 129 Å². The van der Waals surface area contributed by atoms with Gasteiger partial charge in [0.25, 0.3) is 10.0 Å². The fraction of sp³-hybridized carbons (Fsp3) is 0.257. The molecule has 0 saturated heterocycles. The molecular formula is C35H37Cl2N3O4S. The third kappa shape index (κ3) is 8.66. The van der Waals surface area contributed by atoms with Gasteiger partial charge in [-0.2, -0.15) is 0 Å². The summed E-state index contributed by atoms with van der Waals surface area (Å²) >= 11 is 12.7. The van der Waals surface area contributed by atoms with Gasteiger partial charge in [0, 0.05) is 29.6 Å². The van der Waals surface area contributed by atoms with Gasteiger partial charge in [-0.15, -0.1) is 0 Å². The first-order chi connectivity index (χ1) is 21.5. The minimum atomic E-state index is -4.18. The van der Waals surface area contributed by atoms with Crippen LogP contribution in [0.1, 0.15) is 35.6 Å². The molecule has 1 unspecified atom stereocenters. The fourth-order valence-electron chi connectivity index (χ4n) is 4.88. The quantitative estimate of drug-likeness (QED) is 0.167. The number of anilines is 1. The number of rotatable bonds is 13. The number of amides is 2. The smallest absolute Gasteiger partial charge is 0.264 e. The Morgan fingerprint density at radius 1 is 0.844 bits per heavy atom. The lowest BCUT2D eigenvalue weighted by Gasteiger charge is -2.34. The maximum absolute atomic E-state index is 14.5. The highest BCUT2D eigenvalue weighted by atomic mass is 35.5. The fourth-order valence-corrected chi connectivity index (χ4v) is 6.78. The average molecular weight is 667 g/mol. The molecule has 236 valence electrons. The first-order valence-electron chi connectivity index (χ1n) is 14.7. The van der Waals surface area contributed by atoms with Crippen molar-refractivity contribution in [1.82, 2.24) is 10.2 Å². The molecule has 4 aromatic rings. The topological polar surface area (TPSA) is 86.8 Å². The van der Waals surface area contributed by atoms with E-state index in [1.807, 2.05) is 57.2 Å². The summed E-state index contributed by atoms with van der Waals surface area (Å²) in [5.74, 6) is -0.908. The Kier molecular flexibility index (Phi) is 11.7. The highest BCUT2D eigenvalue weighted by molar-refractivity contribution is 7.92. The first-order valence-corrected chi connectivity index (χ1v) is 16.9. The van der Waals surface area contributed by atoms with Gasteiger partial charge < -0.3 is 10.2 Å². The van der Waals surface area contributed by atoms with Crippen molar-refractivity contribution in [3.8, 4) is 0 Å². The largest absolute Gasteiger partial charge is 0.354 e. The molecule has 4 rings (SSSR count). The number of aryl methyl sites for hydroxylation is 2. The highest BCUT2D eigenvalue weighted by Gasteiger charge is 2.35. The molecule has 0 aliphatic heterocycles. The van der Waals surface area contributed by atoms with E-state index in [0.717, 1.165) is 21.0 Å². The van der Waals surface area contributed by atoms with E-state index in [2.05, 4.69) is 5.32 Å². The molecule has 45 heavy (non-hydrogen) atoms. The van der Waals surface area contributed by atoms with Gasteiger partial charge in [0.2, 0.25) is 11.8 Å². The van der Waals surface area contributed by atoms with Crippen molar-refractivity contribution in [2.75, 3.05) is 17.4 Å². The van der Waals surface area contributed by atoms with E-state index in [4.69, 9.17) is 23.2 Å². The van der Waals surface area contributed by atoms with Gasteiger partial charge in [-0.25, -0.2) is 8.42 Å². The van der Waals surface area contributed by atoms with E-state index in [0.29, 0.717) is 34.3 Å². The molecule has 0 fully saturated rings. The molecule has 0 aliphatic carbocycles. The number of hydrogen-bond donors (Lipinski definition) is 1. The second-order valence-corrected chi connectivity index (χ2v) is 13.6. The van der Waals surface area contributed by atoms with Crippen LogP contribution in [-0.4, -0.2) is 44.3 Å². The number of hydrogen-bond acceptors (Lipinski definition) is 4. The van der Waals surface area contributed by atoms with Crippen LogP contribution in [0.5, 0.6) is 0 Å². The van der Waals surface area contributed by atoms with Crippen molar-refractivity contribution in [2.24, 2.45) is 0 Å². The number of benzene rings is 4. The zero-order valence-corrected chi connectivity index (χ0v) is 27.9. The van der Waals surface area contributed by atoms with E-state index in [-0.39, 0.29) is 23.8 Å². The average Bonchev–Trinajstić information content (AvgIpc) is 3.03. The highest BCUT2D eigenvalue weighted by Crippen LogP contribution is 2.28. The molecule has 0 radical (unpaired) electrons. The van der Waals surface area contributed by atoms with Crippen LogP contribution in [0.15, 0.2) is 102 Å². The summed E-state index contributed by atoms with van der Waals surface area (Å²) in [5, 5.41) is 3.69. The Balaban J connectivity index is 1.82. The van der Waals surface area contributed by atoms with E-state index in [9.17, 15) is 18.0 Å². The minimum absolute atomic E-state index is 0.0436. The van der Waals surface area contributed by atoms with Crippen LogP contribution >= 0.6 is 23.2 Å². The van der Waals surface area contributed by atoms with Crippen molar-refractivity contribution in [3.63, 3.8) is 0 Å². The number of carbonyl (C=O) groups excluding carboxylic acids is 2. The maximum atomic E-state index is 14.5. The molecule has 10 heteroatoms. The zero-order valence-electron chi connectivity index (χ0n) is 25.5. The SMILES string of the molecule is CCCNC(=O)C(Cc1ccccc1)N(Cc1ccc(Cl)cc1Cl)C(=O)CN(c1ccc(C)c(C)c1)S(=O)(=O)c1ccccc1. The number of halogens is 2. The Labute approximate surface area is 275 Å². The van der Waals surface area contributed by atoms with Crippen molar-refractivity contribution in [2.45, 2.75) is 51.1 Å². The predicted octanol–water partition coefficient (Wildman–Crippen LogP) is 6.97. The second-order valence-electron chi connectivity index (χ2n) is 10.8. The summed E-state index contributed by atoms with van der Waals surface area (Å²) in [5.41, 5.74) is 3.61. The summed E-state index contributed by atoms with van der Waals surface area (Å²) < 4.78 is 29.3. The van der Waals surface area contributed by atoms with E-state index < -0.39 is 28.5 Å². The normalized spacial score (nSPS) is 11.9. The van der Waals surface area contributed by atoms with Gasteiger partial charge in [0.15, 0.2) is 0 Å². The summed E-state index contributed by atoms with van der Waals surface area (Å²) in [6, 6.07) is 26.6. The number of sulfonamides is 1. The summed E-state index contributed by atoms with van der Waals surface area (Å²) in [6.45, 7) is 5.59. The van der Waals surface area contributed by atoms with Crippen LogP contribution in [0.4, 0.5) is 5.69 Å². The van der Waals surface area contributed by atoms with Crippen LogP contribution in [0, 0.1) is 13.8 Å². The minimum Gasteiger partial charge on any atom is -0.354 e. The summed E-state index contributed by atoms with van der Waals surface area (Å²) in [6.07, 6.45) is 0.916. The molecule has 2 amide bonds. The molecule has 0 aliphatic rings. The van der Waals surface area contributed by atoms with Crippen molar-refractivity contribution in [1.29, 1.82) is 0 Å². The molecule has 0 aromatic heterocycles. The van der Waals surface area contributed by atoms with Crippen LogP contribution < -0.4 is 9.62 Å². The molecule has 1 atom stereocenters. The van der Waals surface area contributed by atoms with Gasteiger partial charge in [-0.3, -0.25) is 13.9 Å². The maximum Gasteiger partial charge on any atom is 0.264 e. The second kappa shape index (κ2) is 15.4. The van der Waals surface area contributed by atoms with Crippen LogP contribution in [0.2, 0.25) is 10.0 Å². The van der Waals surface area contributed by atoms with E-state index >= 15 is 0 Å². The molecule has 1 N–H and O–H groups in total. The Bertz CT molecular complexity index is 1730. The van der Waals surface area contributed by atoms with E-state index in [1.165, 1.54) is 17.0 Å². The molecule has 0 saturated carbocycles. The Hall–Kier alpha value is -3.85. The number of carbonyl (C=O) groups is 2. The van der Waals surface area contributed by atoms with Crippen LogP contribution in [0.25, 0.3) is 0 Å². The van der Waals surface area contributed by atoms with Gasteiger partial charge in [-0.1, -0.05) is 90.8 Å². The Morgan fingerprint density at radius 2 is 1.51 bits per heavy atom. The first kappa shape index (κ1) is 34.0. The predicted molar refractivity (Wildman–Crippen MR) is 181 cm³/mol. The molecule has 0 bridgehead atoms. The Morgan fingerprint density at radius 3 is 2.13 bits per heavy atom. The molecule has 4 aromatic carbocycles. The van der Waals surface area contributed by atoms with Gasteiger partial charge >= 0.3 is 0 Å². The van der Waals surface area contributed by atoms with Gasteiger partial charge in [-0.05, 0) is 78.9 Å². The molecule has 0 heterocycles. The van der Waals surface area contributed by atoms with Crippen molar-refractivity contribution < 1.29 is 18.0 Å². The van der Waals surface area contributed by atoms with Crippen LogP contribution in [0.3, 0.4) is 0 Å². The summed E-state index contributed by atoms with van der Waals surface area (Å²) in [4.78, 5) is 29.7. The molecular weight excluding hydrogens is 629 g/mol. The molecule has 0 spiro atoms.